The van der Waals surface area contributed by atoms with Crippen molar-refractivity contribution in [2.45, 2.75) is 15.0 Å². The number of ether oxygens (including phenoxy) is 1. The molecule has 0 aromatic carbocycles. The zero-order valence-corrected chi connectivity index (χ0v) is 10.6. The number of methoxy groups -OCH3 is 1. The molecule has 15 heavy (non-hydrogen) atoms. The molecule has 0 saturated carbocycles. The van der Waals surface area contributed by atoms with Crippen molar-refractivity contribution in [3.05, 3.63) is 23.3 Å². The fourth-order valence-electron chi connectivity index (χ4n) is 0.982. The third kappa shape index (κ3) is 3.27. The van der Waals surface area contributed by atoms with Crippen LogP contribution in [0.25, 0.3) is 0 Å². The van der Waals surface area contributed by atoms with Crippen LogP contribution in [0.15, 0.2) is 26.1 Å². The Kier molecular flexibility index (Phi) is 4.13. The fourth-order valence-corrected chi connectivity index (χ4v) is 3.65. The first-order chi connectivity index (χ1) is 7.38. The minimum atomic E-state index is 0.680. The third-order valence-electron chi connectivity index (χ3n) is 1.66. The van der Waals surface area contributed by atoms with E-state index in [9.17, 15) is 0 Å². The average molecular weight is 258 g/mol. The van der Waals surface area contributed by atoms with Gasteiger partial charge in [-0.1, -0.05) is 6.07 Å². The van der Waals surface area contributed by atoms with Gasteiger partial charge in [-0.05, 0) is 34.7 Å². The first kappa shape index (κ1) is 11.1. The van der Waals surface area contributed by atoms with Crippen molar-refractivity contribution >= 4 is 34.6 Å². The molecular weight excluding hydrogens is 248 g/mol. The lowest BCUT2D eigenvalue weighted by atomic mass is 10.4. The van der Waals surface area contributed by atoms with Crippen molar-refractivity contribution in [2.24, 2.45) is 0 Å². The van der Waals surface area contributed by atoms with Gasteiger partial charge in [-0.15, -0.1) is 11.3 Å². The van der Waals surface area contributed by atoms with Gasteiger partial charge in [0, 0.05) is 13.5 Å². The predicted octanol–water partition coefficient (Wildman–Crippen LogP) is 2.94. The molecule has 0 aliphatic carbocycles. The predicted molar refractivity (Wildman–Crippen MR) is 63.9 cm³/mol. The summed E-state index contributed by atoms with van der Waals surface area (Å²) in [4.78, 5) is 4.42. The first-order valence-corrected chi connectivity index (χ1v) is 6.88. The quantitative estimate of drug-likeness (QED) is 0.826. The normalized spacial score (nSPS) is 10.7. The summed E-state index contributed by atoms with van der Waals surface area (Å²) in [5, 5.41) is 2.06. The van der Waals surface area contributed by atoms with Crippen LogP contribution in [0.5, 0.6) is 0 Å². The Morgan fingerprint density at radius 3 is 3.20 bits per heavy atom. The molecule has 0 N–H and O–H groups in total. The molecule has 3 nitrogen and oxygen atoms in total. The number of nitrogens with zero attached hydrogens (tertiary/aromatic N) is 2. The molecule has 2 rings (SSSR count). The Balaban J connectivity index is 1.95. The van der Waals surface area contributed by atoms with Crippen LogP contribution >= 0.6 is 34.6 Å². The van der Waals surface area contributed by atoms with E-state index < -0.39 is 0 Å². The van der Waals surface area contributed by atoms with E-state index in [1.54, 1.807) is 30.2 Å². The molecule has 6 heteroatoms. The maximum absolute atomic E-state index is 4.98. The maximum atomic E-state index is 4.98. The highest BCUT2D eigenvalue weighted by Crippen LogP contribution is 2.32. The molecule has 0 unspecified atom stereocenters. The van der Waals surface area contributed by atoms with Crippen molar-refractivity contribution in [3.8, 4) is 0 Å². The van der Waals surface area contributed by atoms with E-state index in [0.29, 0.717) is 6.61 Å². The molecule has 0 radical (unpaired) electrons. The minimum absolute atomic E-state index is 0.680. The molecule has 80 valence electrons. The van der Waals surface area contributed by atoms with E-state index in [1.165, 1.54) is 15.7 Å². The zero-order chi connectivity index (χ0) is 10.5. The Morgan fingerprint density at radius 1 is 1.53 bits per heavy atom. The second-order valence-electron chi connectivity index (χ2n) is 2.75. The van der Waals surface area contributed by atoms with Gasteiger partial charge < -0.3 is 4.74 Å². The van der Waals surface area contributed by atoms with Crippen molar-refractivity contribution in [2.75, 3.05) is 13.7 Å². The molecule has 0 saturated heterocycles. The lowest BCUT2D eigenvalue weighted by Gasteiger charge is -1.92. The number of aromatic nitrogens is 2. The molecule has 0 amide bonds. The number of thiophene rings is 1. The van der Waals surface area contributed by atoms with Gasteiger partial charge in [-0.25, -0.2) is 4.98 Å². The molecule has 2 heterocycles. The third-order valence-corrected chi connectivity index (χ3v) is 4.49. The van der Waals surface area contributed by atoms with Crippen LogP contribution in [0.2, 0.25) is 0 Å². The van der Waals surface area contributed by atoms with Gasteiger partial charge in [0.05, 0.1) is 10.8 Å². The molecule has 0 aliphatic heterocycles. The maximum Gasteiger partial charge on any atom is 0.175 e. The lowest BCUT2D eigenvalue weighted by Crippen LogP contribution is -1.95. The highest BCUT2D eigenvalue weighted by Gasteiger charge is 2.05. The minimum Gasteiger partial charge on any atom is -0.384 e. The van der Waals surface area contributed by atoms with Crippen LogP contribution in [0, 0.1) is 0 Å². The van der Waals surface area contributed by atoms with Gasteiger partial charge in [0.25, 0.3) is 0 Å². The van der Waals surface area contributed by atoms with Crippen LogP contribution in [0.4, 0.5) is 0 Å². The van der Waals surface area contributed by atoms with Gasteiger partial charge in [-0.2, -0.15) is 4.37 Å². The second kappa shape index (κ2) is 5.60. The summed E-state index contributed by atoms with van der Waals surface area (Å²) in [6.45, 7) is 0.680. The van der Waals surface area contributed by atoms with Crippen molar-refractivity contribution in [1.82, 2.24) is 9.36 Å². The molecular formula is C9H10N2OS3. The summed E-state index contributed by atoms with van der Waals surface area (Å²) < 4.78 is 11.5. The van der Waals surface area contributed by atoms with Crippen molar-refractivity contribution in [3.63, 3.8) is 0 Å². The topological polar surface area (TPSA) is 35.0 Å². The van der Waals surface area contributed by atoms with E-state index in [-0.39, 0.29) is 0 Å². The highest BCUT2D eigenvalue weighted by atomic mass is 32.2. The second-order valence-corrected chi connectivity index (χ2v) is 6.00. The molecule has 0 aliphatic rings. The SMILES string of the molecule is COCCc1nsc(Sc2cccs2)n1. The fraction of sp³-hybridized carbons (Fsp3) is 0.333. The van der Waals surface area contributed by atoms with Gasteiger partial charge in [-0.3, -0.25) is 0 Å². The van der Waals surface area contributed by atoms with Gasteiger partial charge in [0.15, 0.2) is 4.34 Å². The van der Waals surface area contributed by atoms with Crippen LogP contribution < -0.4 is 0 Å². The molecule has 0 spiro atoms. The largest absolute Gasteiger partial charge is 0.384 e. The molecule has 0 bridgehead atoms. The van der Waals surface area contributed by atoms with E-state index >= 15 is 0 Å². The Morgan fingerprint density at radius 2 is 2.47 bits per heavy atom. The molecule has 0 fully saturated rings. The number of hydrogen-bond acceptors (Lipinski definition) is 6. The number of hydrogen-bond donors (Lipinski definition) is 0. The Hall–Kier alpha value is -0.430. The van der Waals surface area contributed by atoms with E-state index in [0.717, 1.165) is 16.6 Å². The Bertz CT molecular complexity index is 399. The van der Waals surface area contributed by atoms with Crippen molar-refractivity contribution < 1.29 is 4.74 Å². The van der Waals surface area contributed by atoms with E-state index in [4.69, 9.17) is 4.74 Å². The van der Waals surface area contributed by atoms with Crippen LogP contribution in [-0.4, -0.2) is 23.1 Å². The standard InChI is InChI=1S/C9H10N2OS3/c1-12-5-4-7-10-9(15-11-7)14-8-3-2-6-13-8/h2-3,6H,4-5H2,1H3. The zero-order valence-electron chi connectivity index (χ0n) is 8.17. The monoisotopic (exact) mass is 258 g/mol. The lowest BCUT2D eigenvalue weighted by molar-refractivity contribution is 0.200. The van der Waals surface area contributed by atoms with Crippen LogP contribution in [0.1, 0.15) is 5.82 Å². The summed E-state index contributed by atoms with van der Waals surface area (Å²) in [6.07, 6.45) is 0.790. The summed E-state index contributed by atoms with van der Waals surface area (Å²) in [7, 11) is 1.69. The Labute approximate surface area is 101 Å². The number of rotatable bonds is 5. The first-order valence-electron chi connectivity index (χ1n) is 4.41. The molecule has 2 aromatic heterocycles. The molecule has 0 atom stereocenters. The summed E-state index contributed by atoms with van der Waals surface area (Å²) in [5.41, 5.74) is 0. The summed E-state index contributed by atoms with van der Waals surface area (Å²) in [6, 6.07) is 4.13. The van der Waals surface area contributed by atoms with E-state index in [1.807, 2.05) is 6.07 Å². The average Bonchev–Trinajstić information content (AvgIpc) is 2.87. The van der Waals surface area contributed by atoms with Crippen LogP contribution in [-0.2, 0) is 11.2 Å². The van der Waals surface area contributed by atoms with Crippen molar-refractivity contribution in [1.29, 1.82) is 0 Å². The van der Waals surface area contributed by atoms with Crippen LogP contribution in [0.3, 0.4) is 0 Å². The van der Waals surface area contributed by atoms with Gasteiger partial charge in [0.1, 0.15) is 5.82 Å². The summed E-state index contributed by atoms with van der Waals surface area (Å²) >= 11 is 4.84. The van der Waals surface area contributed by atoms with E-state index in [2.05, 4.69) is 20.8 Å². The van der Waals surface area contributed by atoms with Gasteiger partial charge >= 0.3 is 0 Å². The summed E-state index contributed by atoms with van der Waals surface area (Å²) in [5.74, 6) is 0.876. The van der Waals surface area contributed by atoms with Gasteiger partial charge in [0.2, 0.25) is 0 Å². The molecule has 2 aromatic rings. The highest BCUT2D eigenvalue weighted by molar-refractivity contribution is 8.02. The smallest absolute Gasteiger partial charge is 0.175 e.